The standard InChI is InChI=1S/C25H41N7/c1-18-9-8-10-24(20(18)3)32-15-13-31(14-16-32)12-11-27-25(26-6)28-19(2)17-23-21(4)29-30(7)22(23)5/h8-10,19H,11-17H2,1-7H3,(H2,26,27,28). The molecule has 32 heavy (non-hydrogen) atoms. The first-order valence-electron chi connectivity index (χ1n) is 11.8. The molecular formula is C25H41N7. The largest absolute Gasteiger partial charge is 0.369 e. The van der Waals surface area contributed by atoms with E-state index in [1.807, 2.05) is 18.8 Å². The first kappa shape index (κ1) is 24.1. The molecule has 0 spiro atoms. The molecule has 0 saturated carbocycles. The Hall–Kier alpha value is -2.54. The zero-order valence-corrected chi connectivity index (χ0v) is 21.0. The first-order valence-corrected chi connectivity index (χ1v) is 11.8. The highest BCUT2D eigenvalue weighted by Gasteiger charge is 2.19. The Labute approximate surface area is 193 Å². The zero-order valence-electron chi connectivity index (χ0n) is 21.0. The summed E-state index contributed by atoms with van der Waals surface area (Å²) in [6.45, 7) is 17.1. The molecule has 1 unspecified atom stereocenters. The number of benzene rings is 1. The SMILES string of the molecule is CN=C(NCCN1CCN(c2cccc(C)c2C)CC1)NC(C)Cc1c(C)nn(C)c1C. The Bertz CT molecular complexity index is 923. The molecule has 7 nitrogen and oxygen atoms in total. The van der Waals surface area contributed by atoms with Crippen LogP contribution in [-0.4, -0.2) is 73.0 Å². The van der Waals surface area contributed by atoms with Crippen LogP contribution < -0.4 is 15.5 Å². The van der Waals surface area contributed by atoms with Crippen molar-refractivity contribution in [3.8, 4) is 0 Å². The third-order valence-electron chi connectivity index (χ3n) is 6.79. The Balaban J connectivity index is 1.41. The van der Waals surface area contributed by atoms with Gasteiger partial charge < -0.3 is 15.5 Å². The van der Waals surface area contributed by atoms with Gasteiger partial charge in [-0.2, -0.15) is 5.10 Å². The second-order valence-electron chi connectivity index (χ2n) is 9.07. The molecule has 1 aliphatic heterocycles. The predicted molar refractivity (Wildman–Crippen MR) is 135 cm³/mol. The fourth-order valence-electron chi connectivity index (χ4n) is 4.52. The summed E-state index contributed by atoms with van der Waals surface area (Å²) in [4.78, 5) is 9.48. The number of nitrogens with zero attached hydrogens (tertiary/aromatic N) is 5. The Morgan fingerprint density at radius 3 is 2.47 bits per heavy atom. The highest BCUT2D eigenvalue weighted by atomic mass is 15.3. The number of nitrogens with one attached hydrogen (secondary N) is 2. The van der Waals surface area contributed by atoms with Crippen molar-refractivity contribution in [2.75, 3.05) is 51.2 Å². The molecule has 3 rings (SSSR count). The number of aromatic nitrogens is 2. The second kappa shape index (κ2) is 10.9. The lowest BCUT2D eigenvalue weighted by atomic mass is 10.1. The molecule has 1 saturated heterocycles. The first-order chi connectivity index (χ1) is 15.3. The maximum Gasteiger partial charge on any atom is 0.191 e. The molecule has 7 heteroatoms. The second-order valence-corrected chi connectivity index (χ2v) is 9.07. The van der Waals surface area contributed by atoms with E-state index in [9.17, 15) is 0 Å². The number of hydrogen-bond acceptors (Lipinski definition) is 4. The van der Waals surface area contributed by atoms with Crippen molar-refractivity contribution in [1.29, 1.82) is 0 Å². The van der Waals surface area contributed by atoms with Crippen molar-refractivity contribution in [2.24, 2.45) is 12.0 Å². The maximum atomic E-state index is 4.53. The van der Waals surface area contributed by atoms with Crippen LogP contribution >= 0.6 is 0 Å². The van der Waals surface area contributed by atoms with Gasteiger partial charge in [0.15, 0.2) is 5.96 Å². The molecule has 0 aliphatic carbocycles. The molecule has 0 bridgehead atoms. The molecule has 176 valence electrons. The molecule has 0 radical (unpaired) electrons. The molecule has 1 fully saturated rings. The molecule has 1 aliphatic rings. The van der Waals surface area contributed by atoms with Crippen LogP contribution in [0.15, 0.2) is 23.2 Å². The number of anilines is 1. The van der Waals surface area contributed by atoms with Gasteiger partial charge in [0, 0.05) is 70.8 Å². The van der Waals surface area contributed by atoms with E-state index in [-0.39, 0.29) is 6.04 Å². The van der Waals surface area contributed by atoms with Crippen LogP contribution in [-0.2, 0) is 13.5 Å². The molecule has 1 aromatic carbocycles. The molecule has 2 N–H and O–H groups in total. The maximum absolute atomic E-state index is 4.53. The van der Waals surface area contributed by atoms with Crippen molar-refractivity contribution < 1.29 is 0 Å². The monoisotopic (exact) mass is 439 g/mol. The summed E-state index contributed by atoms with van der Waals surface area (Å²) in [5.41, 5.74) is 7.84. The minimum absolute atomic E-state index is 0.281. The average molecular weight is 440 g/mol. The molecule has 1 aromatic heterocycles. The van der Waals surface area contributed by atoms with Crippen LogP contribution in [0.5, 0.6) is 0 Å². The molecular weight excluding hydrogens is 398 g/mol. The van der Waals surface area contributed by atoms with E-state index in [0.717, 1.165) is 57.3 Å². The van der Waals surface area contributed by atoms with Crippen LogP contribution in [0.25, 0.3) is 0 Å². The zero-order chi connectivity index (χ0) is 23.3. The van der Waals surface area contributed by atoms with Crippen LogP contribution in [0.2, 0.25) is 0 Å². The topological polar surface area (TPSA) is 60.7 Å². The third kappa shape index (κ3) is 5.82. The highest BCUT2D eigenvalue weighted by molar-refractivity contribution is 5.79. The van der Waals surface area contributed by atoms with Gasteiger partial charge in [0.2, 0.25) is 0 Å². The summed E-state index contributed by atoms with van der Waals surface area (Å²) in [6.07, 6.45) is 0.937. The Kier molecular flexibility index (Phi) is 8.18. The number of guanidine groups is 1. The van der Waals surface area contributed by atoms with E-state index >= 15 is 0 Å². The smallest absolute Gasteiger partial charge is 0.191 e. The summed E-state index contributed by atoms with van der Waals surface area (Å²) < 4.78 is 1.96. The van der Waals surface area contributed by atoms with E-state index in [0.29, 0.717) is 0 Å². The van der Waals surface area contributed by atoms with Crippen LogP contribution in [0.4, 0.5) is 5.69 Å². The van der Waals surface area contributed by atoms with Gasteiger partial charge in [0.1, 0.15) is 0 Å². The normalized spacial score (nSPS) is 16.3. The summed E-state index contributed by atoms with van der Waals surface area (Å²) in [6, 6.07) is 6.90. The van der Waals surface area contributed by atoms with Gasteiger partial charge in [-0.15, -0.1) is 0 Å². The Morgan fingerprint density at radius 1 is 1.12 bits per heavy atom. The van der Waals surface area contributed by atoms with E-state index in [4.69, 9.17) is 0 Å². The lowest BCUT2D eigenvalue weighted by molar-refractivity contribution is 0.261. The lowest BCUT2D eigenvalue weighted by Crippen LogP contribution is -2.50. The third-order valence-corrected chi connectivity index (χ3v) is 6.79. The summed E-state index contributed by atoms with van der Waals surface area (Å²) in [7, 11) is 3.85. The van der Waals surface area contributed by atoms with Gasteiger partial charge in [-0.25, -0.2) is 0 Å². The van der Waals surface area contributed by atoms with Crippen LogP contribution in [0.1, 0.15) is 35.0 Å². The number of aliphatic imine (C=N–C) groups is 1. The lowest BCUT2D eigenvalue weighted by Gasteiger charge is -2.37. The average Bonchev–Trinajstić information content (AvgIpc) is 3.01. The van der Waals surface area contributed by atoms with Gasteiger partial charge in [0.05, 0.1) is 5.69 Å². The quantitative estimate of drug-likeness (QED) is 0.513. The molecule has 2 heterocycles. The van der Waals surface area contributed by atoms with Crippen molar-refractivity contribution in [2.45, 2.75) is 47.1 Å². The van der Waals surface area contributed by atoms with Crippen molar-refractivity contribution in [3.63, 3.8) is 0 Å². The highest BCUT2D eigenvalue weighted by Crippen LogP contribution is 2.23. The summed E-state index contributed by atoms with van der Waals surface area (Å²) in [5, 5.41) is 11.6. The van der Waals surface area contributed by atoms with Crippen LogP contribution in [0, 0.1) is 27.7 Å². The molecule has 1 atom stereocenters. The predicted octanol–water partition coefficient (Wildman–Crippen LogP) is 2.57. The minimum atomic E-state index is 0.281. The van der Waals surface area contributed by atoms with Crippen molar-refractivity contribution in [1.82, 2.24) is 25.3 Å². The number of rotatable bonds is 7. The van der Waals surface area contributed by atoms with Crippen molar-refractivity contribution in [3.05, 3.63) is 46.3 Å². The summed E-state index contributed by atoms with van der Waals surface area (Å²) in [5.74, 6) is 0.866. The summed E-state index contributed by atoms with van der Waals surface area (Å²) >= 11 is 0. The van der Waals surface area contributed by atoms with Gasteiger partial charge >= 0.3 is 0 Å². The Morgan fingerprint density at radius 2 is 1.84 bits per heavy atom. The van der Waals surface area contributed by atoms with Gasteiger partial charge in [-0.05, 0) is 63.8 Å². The fourth-order valence-corrected chi connectivity index (χ4v) is 4.52. The van der Waals surface area contributed by atoms with Crippen LogP contribution in [0.3, 0.4) is 0 Å². The van der Waals surface area contributed by atoms with E-state index in [2.05, 4.69) is 83.3 Å². The number of aryl methyl sites for hydroxylation is 3. The van der Waals surface area contributed by atoms with Crippen molar-refractivity contribution >= 4 is 11.6 Å². The number of piperazine rings is 1. The fraction of sp³-hybridized carbons (Fsp3) is 0.600. The van der Waals surface area contributed by atoms with E-state index in [1.165, 1.54) is 28.1 Å². The molecule has 0 amide bonds. The molecule has 2 aromatic rings. The minimum Gasteiger partial charge on any atom is -0.369 e. The van der Waals surface area contributed by atoms with Gasteiger partial charge in [-0.3, -0.25) is 14.6 Å². The number of hydrogen-bond donors (Lipinski definition) is 2. The van der Waals surface area contributed by atoms with Gasteiger partial charge in [0.25, 0.3) is 0 Å². The van der Waals surface area contributed by atoms with E-state index < -0.39 is 0 Å². The van der Waals surface area contributed by atoms with E-state index in [1.54, 1.807) is 0 Å². The van der Waals surface area contributed by atoms with Gasteiger partial charge in [-0.1, -0.05) is 12.1 Å².